The van der Waals surface area contributed by atoms with Gasteiger partial charge in [-0.05, 0) is 34.5 Å². The maximum Gasteiger partial charge on any atom is 0.358 e. The van der Waals surface area contributed by atoms with Crippen LogP contribution in [0, 0.1) is 6.92 Å². The van der Waals surface area contributed by atoms with Crippen LogP contribution >= 0.6 is 12.2 Å². The van der Waals surface area contributed by atoms with E-state index in [0.29, 0.717) is 17.7 Å². The number of hydrogen-bond donors (Lipinski definition) is 1. The number of hydrogen-bond acceptors (Lipinski definition) is 7. The van der Waals surface area contributed by atoms with Crippen LogP contribution in [0.4, 0.5) is 0 Å². The smallest absolute Gasteiger partial charge is 0.358 e. The summed E-state index contributed by atoms with van der Waals surface area (Å²) in [5.41, 5.74) is -0.595. The number of ether oxygens (including phenoxy) is 3. The third-order valence-electron chi connectivity index (χ3n) is 7.71. The highest BCUT2D eigenvalue weighted by atomic mass is 32.1. The molecular weight excluding hydrogens is 581 g/mol. The number of H-pyrrole nitrogens is 1. The molecule has 0 aliphatic carbocycles. The number of benzene rings is 3. The van der Waals surface area contributed by atoms with Crippen molar-refractivity contribution in [1.82, 2.24) is 9.55 Å². The van der Waals surface area contributed by atoms with Crippen molar-refractivity contribution < 1.29 is 18.6 Å². The van der Waals surface area contributed by atoms with E-state index < -0.39 is 38.0 Å². The Balaban J connectivity index is 1.48. The molecule has 1 aliphatic rings. The van der Waals surface area contributed by atoms with Gasteiger partial charge in [0.15, 0.2) is 0 Å². The lowest BCUT2D eigenvalue weighted by molar-refractivity contribution is -0.0423. The molecule has 0 amide bonds. The van der Waals surface area contributed by atoms with Crippen LogP contribution in [-0.2, 0) is 13.9 Å². The topological polar surface area (TPSA) is 91.8 Å². The standard InChI is InChI=1S/C33H36N2O6SSi/c1-23-21-35(31(37)34-30(23)36)29-20-27(41-32(42)39-24-14-8-5-9-15-24)28(40-29)22-38-43(33(2,3)4,25-16-10-6-11-17-25)26-18-12-7-13-19-26/h5-19,21,27-29H,20,22H2,1-4H3,(H,34,36,37)/t27-,28+,29+/m0/s1. The first-order valence-corrected chi connectivity index (χ1v) is 16.6. The fourth-order valence-electron chi connectivity index (χ4n) is 5.65. The molecule has 0 radical (unpaired) electrons. The normalized spacial score (nSPS) is 18.7. The molecule has 3 aromatic carbocycles. The summed E-state index contributed by atoms with van der Waals surface area (Å²) in [6, 6.07) is 29.8. The fourth-order valence-corrected chi connectivity index (χ4v) is 10.4. The van der Waals surface area contributed by atoms with Crippen LogP contribution in [0.1, 0.15) is 39.0 Å². The molecule has 3 atom stereocenters. The molecular formula is C33H36N2O6SSi. The van der Waals surface area contributed by atoms with E-state index in [2.05, 4.69) is 50.0 Å². The third-order valence-corrected chi connectivity index (χ3v) is 12.9. The van der Waals surface area contributed by atoms with E-state index in [0.717, 1.165) is 10.4 Å². The first-order valence-electron chi connectivity index (χ1n) is 14.2. The summed E-state index contributed by atoms with van der Waals surface area (Å²) in [7, 11) is -2.89. The third kappa shape index (κ3) is 6.57. The van der Waals surface area contributed by atoms with E-state index in [4.69, 9.17) is 30.9 Å². The van der Waals surface area contributed by atoms with Gasteiger partial charge < -0.3 is 18.6 Å². The molecule has 1 N–H and O–H groups in total. The lowest BCUT2D eigenvalue weighted by Gasteiger charge is -2.43. The number of nitrogens with zero attached hydrogens (tertiary/aromatic N) is 1. The minimum atomic E-state index is -2.89. The van der Waals surface area contributed by atoms with Crippen LogP contribution in [0.5, 0.6) is 5.75 Å². The van der Waals surface area contributed by atoms with Crippen LogP contribution in [-0.4, -0.2) is 41.9 Å². The predicted molar refractivity (Wildman–Crippen MR) is 173 cm³/mol. The van der Waals surface area contributed by atoms with Crippen LogP contribution in [0.25, 0.3) is 0 Å². The predicted octanol–water partition coefficient (Wildman–Crippen LogP) is 4.46. The first kappa shape index (κ1) is 30.6. The highest BCUT2D eigenvalue weighted by Gasteiger charge is 2.51. The van der Waals surface area contributed by atoms with Crippen molar-refractivity contribution in [3.05, 3.63) is 124 Å². The van der Waals surface area contributed by atoms with Gasteiger partial charge in [0.05, 0.1) is 6.61 Å². The van der Waals surface area contributed by atoms with Gasteiger partial charge in [0.25, 0.3) is 13.9 Å². The van der Waals surface area contributed by atoms with E-state index >= 15 is 0 Å². The Morgan fingerprint density at radius 3 is 2.07 bits per heavy atom. The summed E-state index contributed by atoms with van der Waals surface area (Å²) >= 11 is 5.47. The summed E-state index contributed by atoms with van der Waals surface area (Å²) in [6.45, 7) is 8.44. The van der Waals surface area contributed by atoms with Crippen LogP contribution in [0.3, 0.4) is 0 Å². The molecule has 43 heavy (non-hydrogen) atoms. The Morgan fingerprint density at radius 1 is 0.953 bits per heavy atom. The molecule has 0 bridgehead atoms. The van der Waals surface area contributed by atoms with E-state index in [9.17, 15) is 9.59 Å². The molecule has 5 rings (SSSR count). The highest BCUT2D eigenvalue weighted by Crippen LogP contribution is 2.38. The molecule has 10 heteroatoms. The highest BCUT2D eigenvalue weighted by molar-refractivity contribution is 7.79. The number of aromatic amines is 1. The summed E-state index contributed by atoms with van der Waals surface area (Å²) < 4.78 is 26.9. The maximum absolute atomic E-state index is 12.8. The minimum Gasteiger partial charge on any atom is -0.450 e. The second-order valence-electron chi connectivity index (χ2n) is 11.6. The molecule has 1 aliphatic heterocycles. The van der Waals surface area contributed by atoms with E-state index in [1.165, 1.54) is 10.8 Å². The number of thiocarbonyl (C=S) groups is 1. The molecule has 224 valence electrons. The molecule has 1 aromatic heterocycles. The largest absolute Gasteiger partial charge is 0.450 e. The van der Waals surface area contributed by atoms with E-state index in [1.807, 2.05) is 54.6 Å². The van der Waals surface area contributed by atoms with Crippen molar-refractivity contribution in [3.63, 3.8) is 0 Å². The van der Waals surface area contributed by atoms with Gasteiger partial charge in [-0.25, -0.2) is 4.79 Å². The van der Waals surface area contributed by atoms with Gasteiger partial charge in [0.2, 0.25) is 0 Å². The SMILES string of the molecule is Cc1cn([C@H]2C[C@H](OC(=S)Oc3ccccc3)[C@@H](CO[Si](c3ccccc3)(c3ccccc3)C(C)(C)C)O2)c(=O)[nH]c1=O. The Labute approximate surface area is 257 Å². The summed E-state index contributed by atoms with van der Waals surface area (Å²) in [5, 5.41) is 1.97. The zero-order valence-electron chi connectivity index (χ0n) is 24.7. The summed E-state index contributed by atoms with van der Waals surface area (Å²) in [4.78, 5) is 27.2. The average Bonchev–Trinajstić information content (AvgIpc) is 3.38. The molecule has 0 saturated carbocycles. The average molecular weight is 617 g/mol. The Morgan fingerprint density at radius 2 is 1.51 bits per heavy atom. The van der Waals surface area contributed by atoms with Gasteiger partial charge in [-0.1, -0.05) is 99.6 Å². The Kier molecular flexibility index (Phi) is 9.12. The van der Waals surface area contributed by atoms with Crippen LogP contribution in [0.15, 0.2) is 107 Å². The second kappa shape index (κ2) is 12.8. The van der Waals surface area contributed by atoms with Crippen LogP contribution in [0.2, 0.25) is 5.04 Å². The van der Waals surface area contributed by atoms with Gasteiger partial charge in [-0.2, -0.15) is 0 Å². The number of aryl methyl sites for hydroxylation is 1. The van der Waals surface area contributed by atoms with Crippen molar-refractivity contribution in [3.8, 4) is 5.75 Å². The lowest BCUT2D eigenvalue weighted by Crippen LogP contribution is -2.67. The Hall–Kier alpha value is -3.83. The molecule has 1 saturated heterocycles. The second-order valence-corrected chi connectivity index (χ2v) is 16.3. The van der Waals surface area contributed by atoms with Crippen molar-refractivity contribution in [2.75, 3.05) is 6.61 Å². The van der Waals surface area contributed by atoms with Gasteiger partial charge >= 0.3 is 10.9 Å². The first-order chi connectivity index (χ1) is 20.6. The zero-order valence-corrected chi connectivity index (χ0v) is 26.5. The monoisotopic (exact) mass is 616 g/mol. The molecule has 1 fully saturated rings. The maximum atomic E-state index is 12.8. The molecule has 8 nitrogen and oxygen atoms in total. The van der Waals surface area contributed by atoms with Crippen molar-refractivity contribution in [2.45, 2.75) is 57.6 Å². The van der Waals surface area contributed by atoms with Crippen molar-refractivity contribution in [1.29, 1.82) is 0 Å². The van der Waals surface area contributed by atoms with Gasteiger partial charge in [-0.15, -0.1) is 0 Å². The number of para-hydroxylation sites is 1. The fraction of sp³-hybridized carbons (Fsp3) is 0.303. The zero-order chi connectivity index (χ0) is 30.6. The van der Waals surface area contributed by atoms with Crippen LogP contribution < -0.4 is 26.4 Å². The van der Waals surface area contributed by atoms with Gasteiger partial charge in [-0.3, -0.25) is 14.3 Å². The Bertz CT molecular complexity index is 1610. The molecule has 2 heterocycles. The molecule has 0 spiro atoms. The molecule has 4 aromatic rings. The quantitative estimate of drug-likeness (QED) is 0.231. The van der Waals surface area contributed by atoms with Crippen molar-refractivity contribution in [2.24, 2.45) is 0 Å². The number of aromatic nitrogens is 2. The summed E-state index contributed by atoms with van der Waals surface area (Å²) in [5.74, 6) is 0.551. The number of nitrogens with one attached hydrogen (secondary N) is 1. The lowest BCUT2D eigenvalue weighted by atomic mass is 10.2. The van der Waals surface area contributed by atoms with E-state index in [-0.39, 0.29) is 16.9 Å². The van der Waals surface area contributed by atoms with E-state index in [1.54, 1.807) is 19.1 Å². The van der Waals surface area contributed by atoms with Gasteiger partial charge in [0.1, 0.15) is 24.2 Å². The van der Waals surface area contributed by atoms with Gasteiger partial charge in [0, 0.05) is 30.4 Å². The minimum absolute atomic E-state index is 0.0547. The summed E-state index contributed by atoms with van der Waals surface area (Å²) in [6.07, 6.45) is -0.0899. The van der Waals surface area contributed by atoms with Crippen molar-refractivity contribution >= 4 is 36.1 Å². The number of rotatable bonds is 8. The molecule has 0 unspecified atom stereocenters.